The average molecular weight is 549 g/mol. The topological polar surface area (TPSA) is 90.0 Å². The van der Waals surface area contributed by atoms with E-state index in [0.29, 0.717) is 61.2 Å². The lowest BCUT2D eigenvalue weighted by atomic mass is 9.88. The maximum atomic E-state index is 13.1. The molecule has 3 heterocycles. The molecule has 0 aromatic heterocycles. The number of piperazine rings is 1. The molecule has 5 rings (SSSR count). The standard InChI is InChI=1S/C25H26Cl2N4O4S/c26-18-2-1-3-19(13-18)29-8-10-30(11-9-29)24(34)17-4-5-21(20(27)12-17)36(35)14-23(33)31-15-25(16-31)7-6-22(32)28-25/h1-5,12-13H,6-11,14-16H2,(H,28,32). The largest absolute Gasteiger partial charge is 0.368 e. The Morgan fingerprint density at radius 1 is 1.00 bits per heavy atom. The average Bonchev–Trinajstić information content (AvgIpc) is 3.24. The van der Waals surface area contributed by atoms with E-state index >= 15 is 0 Å². The van der Waals surface area contributed by atoms with Crippen LogP contribution in [0.4, 0.5) is 5.69 Å². The van der Waals surface area contributed by atoms with Crippen molar-refractivity contribution >= 4 is 57.4 Å². The van der Waals surface area contributed by atoms with Crippen molar-refractivity contribution in [1.29, 1.82) is 0 Å². The number of likely N-dealkylation sites (tertiary alicyclic amines) is 1. The zero-order valence-corrected chi connectivity index (χ0v) is 21.9. The molecule has 3 saturated heterocycles. The van der Waals surface area contributed by atoms with Gasteiger partial charge in [-0.3, -0.25) is 18.6 Å². The minimum atomic E-state index is -1.64. The minimum absolute atomic E-state index is 0.00933. The van der Waals surface area contributed by atoms with E-state index in [1.165, 1.54) is 6.07 Å². The lowest BCUT2D eigenvalue weighted by Crippen LogP contribution is -2.68. The van der Waals surface area contributed by atoms with E-state index in [-0.39, 0.29) is 34.0 Å². The van der Waals surface area contributed by atoms with Crippen LogP contribution in [0.2, 0.25) is 10.0 Å². The maximum absolute atomic E-state index is 13.1. The summed E-state index contributed by atoms with van der Waals surface area (Å²) in [6.07, 6.45) is 1.20. The van der Waals surface area contributed by atoms with Crippen molar-refractivity contribution in [3.05, 3.63) is 58.1 Å². The molecule has 8 nitrogen and oxygen atoms in total. The molecule has 0 saturated carbocycles. The molecule has 1 atom stereocenters. The Morgan fingerprint density at radius 2 is 1.75 bits per heavy atom. The summed E-state index contributed by atoms with van der Waals surface area (Å²) >= 11 is 12.5. The number of halogens is 2. The summed E-state index contributed by atoms with van der Waals surface area (Å²) < 4.78 is 12.9. The first-order chi connectivity index (χ1) is 17.2. The zero-order valence-electron chi connectivity index (χ0n) is 19.5. The van der Waals surface area contributed by atoms with Crippen LogP contribution < -0.4 is 10.2 Å². The third-order valence-corrected chi connectivity index (χ3v) is 9.01. The summed E-state index contributed by atoms with van der Waals surface area (Å²) in [7, 11) is -1.64. The molecule has 0 bridgehead atoms. The molecule has 1 unspecified atom stereocenters. The highest BCUT2D eigenvalue weighted by molar-refractivity contribution is 7.85. The van der Waals surface area contributed by atoms with E-state index in [1.54, 1.807) is 21.9 Å². The molecular weight excluding hydrogens is 523 g/mol. The van der Waals surface area contributed by atoms with Crippen LogP contribution in [0.5, 0.6) is 0 Å². The molecule has 2 aromatic carbocycles. The number of hydrogen-bond acceptors (Lipinski definition) is 5. The van der Waals surface area contributed by atoms with E-state index < -0.39 is 10.8 Å². The van der Waals surface area contributed by atoms with Gasteiger partial charge in [-0.05, 0) is 42.8 Å². The highest BCUT2D eigenvalue weighted by atomic mass is 35.5. The molecule has 0 radical (unpaired) electrons. The van der Waals surface area contributed by atoms with Gasteiger partial charge in [-0.25, -0.2) is 0 Å². The van der Waals surface area contributed by atoms with Gasteiger partial charge in [0, 0.05) is 62.0 Å². The van der Waals surface area contributed by atoms with Crippen LogP contribution in [0.15, 0.2) is 47.4 Å². The Hall–Kier alpha value is -2.62. The first-order valence-electron chi connectivity index (χ1n) is 11.8. The molecule has 11 heteroatoms. The monoisotopic (exact) mass is 548 g/mol. The highest BCUT2D eigenvalue weighted by Crippen LogP contribution is 2.31. The van der Waals surface area contributed by atoms with Gasteiger partial charge in [0.2, 0.25) is 11.8 Å². The van der Waals surface area contributed by atoms with Crippen LogP contribution in [0.25, 0.3) is 0 Å². The van der Waals surface area contributed by atoms with E-state index in [4.69, 9.17) is 23.2 Å². The molecule has 190 valence electrons. The van der Waals surface area contributed by atoms with Crippen molar-refractivity contribution in [2.45, 2.75) is 23.3 Å². The van der Waals surface area contributed by atoms with Gasteiger partial charge in [0.1, 0.15) is 5.75 Å². The van der Waals surface area contributed by atoms with Crippen molar-refractivity contribution in [2.24, 2.45) is 0 Å². The number of amides is 3. The first-order valence-corrected chi connectivity index (χ1v) is 13.9. The van der Waals surface area contributed by atoms with E-state index in [9.17, 15) is 18.6 Å². The molecular formula is C25H26Cl2N4O4S. The number of benzene rings is 2. The lowest BCUT2D eigenvalue weighted by Gasteiger charge is -2.47. The molecule has 2 aromatic rings. The van der Waals surface area contributed by atoms with Gasteiger partial charge >= 0.3 is 0 Å². The van der Waals surface area contributed by atoms with Crippen LogP contribution >= 0.6 is 23.2 Å². The smallest absolute Gasteiger partial charge is 0.254 e. The molecule has 3 fully saturated rings. The SMILES string of the molecule is O=C1CCC2(CN(C(=O)CS(=O)c3ccc(C(=O)N4CCN(c5cccc(Cl)c5)CC4)cc3Cl)C2)N1. The van der Waals surface area contributed by atoms with Crippen LogP contribution in [0.1, 0.15) is 23.2 Å². The van der Waals surface area contributed by atoms with Gasteiger partial charge in [0.15, 0.2) is 0 Å². The number of hydrogen-bond donors (Lipinski definition) is 1. The second-order valence-corrected chi connectivity index (χ2v) is 11.7. The third-order valence-electron chi connectivity index (χ3n) is 6.99. The normalized spacial score (nSPS) is 19.7. The summed E-state index contributed by atoms with van der Waals surface area (Å²) in [6, 6.07) is 12.4. The number of anilines is 1. The highest BCUT2D eigenvalue weighted by Gasteiger charge is 2.49. The summed E-state index contributed by atoms with van der Waals surface area (Å²) in [5.74, 6) is -0.563. The third kappa shape index (κ3) is 5.10. The van der Waals surface area contributed by atoms with Gasteiger partial charge in [-0.15, -0.1) is 0 Å². The first kappa shape index (κ1) is 25.0. The van der Waals surface area contributed by atoms with E-state index in [2.05, 4.69) is 10.2 Å². The fourth-order valence-electron chi connectivity index (χ4n) is 4.99. The maximum Gasteiger partial charge on any atom is 0.254 e. The Balaban J connectivity index is 1.16. The van der Waals surface area contributed by atoms with E-state index in [1.807, 2.05) is 24.3 Å². The van der Waals surface area contributed by atoms with Gasteiger partial charge in [-0.2, -0.15) is 0 Å². The van der Waals surface area contributed by atoms with Crippen molar-refractivity contribution < 1.29 is 18.6 Å². The molecule has 3 aliphatic rings. The molecule has 1 spiro atoms. The summed E-state index contributed by atoms with van der Waals surface area (Å²) in [4.78, 5) is 43.0. The Labute approximate surface area is 222 Å². The number of nitrogens with zero attached hydrogens (tertiary/aromatic N) is 3. The quantitative estimate of drug-likeness (QED) is 0.620. The second-order valence-electron chi connectivity index (χ2n) is 9.47. The van der Waals surface area contributed by atoms with Gasteiger partial charge in [-0.1, -0.05) is 29.3 Å². The Bertz CT molecular complexity index is 1240. The number of carbonyl (C=O) groups excluding carboxylic acids is 3. The van der Waals surface area contributed by atoms with Gasteiger partial charge in [0.05, 0.1) is 26.3 Å². The van der Waals surface area contributed by atoms with Crippen LogP contribution in [-0.4, -0.2) is 82.3 Å². The second kappa shape index (κ2) is 10.0. The minimum Gasteiger partial charge on any atom is -0.368 e. The van der Waals surface area contributed by atoms with Crippen molar-refractivity contribution in [3.63, 3.8) is 0 Å². The summed E-state index contributed by atoms with van der Waals surface area (Å²) in [6.45, 7) is 3.38. The van der Waals surface area contributed by atoms with Crippen molar-refractivity contribution in [3.8, 4) is 0 Å². The molecule has 0 aliphatic carbocycles. The predicted octanol–water partition coefficient (Wildman–Crippen LogP) is 2.55. The fourth-order valence-corrected chi connectivity index (χ4v) is 6.68. The van der Waals surface area contributed by atoms with Crippen molar-refractivity contribution in [1.82, 2.24) is 15.1 Å². The molecule has 3 aliphatic heterocycles. The van der Waals surface area contributed by atoms with Crippen LogP contribution in [0, 0.1) is 0 Å². The Kier molecular flexibility index (Phi) is 6.98. The predicted molar refractivity (Wildman–Crippen MR) is 139 cm³/mol. The molecule has 3 amide bonds. The molecule has 1 N–H and O–H groups in total. The zero-order chi connectivity index (χ0) is 25.4. The van der Waals surface area contributed by atoms with E-state index in [0.717, 1.165) is 12.1 Å². The van der Waals surface area contributed by atoms with Crippen LogP contribution in [-0.2, 0) is 20.4 Å². The summed E-state index contributed by atoms with van der Waals surface area (Å²) in [5.41, 5.74) is 1.14. The van der Waals surface area contributed by atoms with Crippen molar-refractivity contribution in [2.75, 3.05) is 49.9 Å². The summed E-state index contributed by atoms with van der Waals surface area (Å²) in [5, 5.41) is 3.81. The number of carbonyl (C=O) groups is 3. The number of nitrogens with one attached hydrogen (secondary N) is 1. The Morgan fingerprint density at radius 3 is 2.39 bits per heavy atom. The fraction of sp³-hybridized carbons (Fsp3) is 0.400. The van der Waals surface area contributed by atoms with Gasteiger partial charge in [0.25, 0.3) is 5.91 Å². The number of rotatable bonds is 5. The lowest BCUT2D eigenvalue weighted by molar-refractivity contribution is -0.137. The van der Waals surface area contributed by atoms with Gasteiger partial charge < -0.3 is 20.0 Å². The molecule has 36 heavy (non-hydrogen) atoms. The van der Waals surface area contributed by atoms with Crippen LogP contribution in [0.3, 0.4) is 0 Å².